The van der Waals surface area contributed by atoms with Crippen LogP contribution >= 0.6 is 0 Å². The van der Waals surface area contributed by atoms with Crippen LogP contribution in [0.2, 0.25) is 0 Å². The number of halogens is 9. The maximum atomic E-state index is 15.9. The van der Waals surface area contributed by atoms with Crippen molar-refractivity contribution in [3.63, 3.8) is 0 Å². The van der Waals surface area contributed by atoms with Crippen molar-refractivity contribution in [3.8, 4) is 22.6 Å². The van der Waals surface area contributed by atoms with Gasteiger partial charge in [0, 0.05) is 48.6 Å². The number of aliphatic carboxylic acids is 1. The summed E-state index contributed by atoms with van der Waals surface area (Å²) >= 11 is 0. The number of hydrogen-bond acceptors (Lipinski definition) is 5. The molecule has 4 aromatic rings. The number of nitrogens with zero attached hydrogens (tertiary/aromatic N) is 2. The molecule has 0 aliphatic carbocycles. The van der Waals surface area contributed by atoms with E-state index in [-0.39, 0.29) is 53.7 Å². The molecule has 0 radical (unpaired) electrons. The summed E-state index contributed by atoms with van der Waals surface area (Å²) in [6.45, 7) is 2.45. The first-order valence-electron chi connectivity index (χ1n) is 16.4. The molecule has 286 valence electrons. The number of pyridine rings is 1. The lowest BCUT2D eigenvalue weighted by Crippen LogP contribution is -2.49. The Hall–Kier alpha value is -5.32. The number of ether oxygens (including phenoxy) is 1. The molecule has 0 spiro atoms. The Labute approximate surface area is 300 Å². The molecule has 1 fully saturated rings. The summed E-state index contributed by atoms with van der Waals surface area (Å²) in [5.74, 6) is -5.92. The van der Waals surface area contributed by atoms with E-state index in [1.54, 1.807) is 0 Å². The first kappa shape index (κ1) is 38.4. The van der Waals surface area contributed by atoms with E-state index in [0.717, 1.165) is 30.3 Å². The van der Waals surface area contributed by atoms with Crippen LogP contribution in [0.1, 0.15) is 57.4 Å². The Morgan fingerprint density at radius 1 is 0.926 bits per heavy atom. The van der Waals surface area contributed by atoms with E-state index in [2.05, 4.69) is 5.32 Å². The van der Waals surface area contributed by atoms with E-state index in [1.165, 1.54) is 24.8 Å². The average molecular weight is 768 g/mol. The van der Waals surface area contributed by atoms with Gasteiger partial charge in [-0.05, 0) is 85.0 Å². The zero-order valence-electron chi connectivity index (χ0n) is 28.3. The van der Waals surface area contributed by atoms with Crippen LogP contribution in [0, 0.1) is 25.5 Å². The highest BCUT2D eigenvalue weighted by Gasteiger charge is 2.38. The van der Waals surface area contributed by atoms with Crippen LogP contribution in [0.25, 0.3) is 11.1 Å². The summed E-state index contributed by atoms with van der Waals surface area (Å²) in [4.78, 5) is 41.4. The minimum Gasteiger partial charge on any atom is -0.481 e. The number of nitrogens with one attached hydrogen (secondary N) is 1. The van der Waals surface area contributed by atoms with Crippen molar-refractivity contribution in [2.75, 3.05) is 19.6 Å². The van der Waals surface area contributed by atoms with Crippen molar-refractivity contribution in [1.29, 1.82) is 0 Å². The zero-order valence-corrected chi connectivity index (χ0v) is 28.3. The van der Waals surface area contributed by atoms with Crippen LogP contribution in [-0.2, 0) is 28.4 Å². The van der Waals surface area contributed by atoms with Crippen molar-refractivity contribution < 1.29 is 58.9 Å². The third-order valence-corrected chi connectivity index (χ3v) is 9.36. The van der Waals surface area contributed by atoms with Crippen molar-refractivity contribution in [2.24, 2.45) is 0 Å². The van der Waals surface area contributed by atoms with Crippen molar-refractivity contribution in [3.05, 3.63) is 116 Å². The topological polar surface area (TPSA) is 101 Å². The Balaban J connectivity index is 1.62. The molecule has 3 aromatic carbocycles. The van der Waals surface area contributed by atoms with Gasteiger partial charge in [0.15, 0.2) is 0 Å². The Kier molecular flexibility index (Phi) is 10.1. The van der Waals surface area contributed by atoms with E-state index in [1.807, 2.05) is 0 Å². The van der Waals surface area contributed by atoms with Gasteiger partial charge in [-0.1, -0.05) is 0 Å². The van der Waals surface area contributed by atoms with Crippen molar-refractivity contribution in [2.45, 2.75) is 57.3 Å². The summed E-state index contributed by atoms with van der Waals surface area (Å²) in [5.41, 5.74) is -5.66. The predicted molar refractivity (Wildman–Crippen MR) is 175 cm³/mol. The maximum Gasteiger partial charge on any atom is 0.416 e. The first-order valence-corrected chi connectivity index (χ1v) is 16.4. The summed E-state index contributed by atoms with van der Waals surface area (Å²) in [5, 5.41) is 12.1. The van der Waals surface area contributed by atoms with Gasteiger partial charge in [0.25, 0.3) is 5.56 Å². The molecule has 2 atom stereocenters. The molecule has 3 heterocycles. The molecule has 2 aliphatic rings. The number of benzene rings is 3. The average Bonchev–Trinajstić information content (AvgIpc) is 3.04. The van der Waals surface area contributed by atoms with Gasteiger partial charge < -0.3 is 15.2 Å². The number of alkyl halides is 7. The largest absolute Gasteiger partial charge is 0.481 e. The fourth-order valence-corrected chi connectivity index (χ4v) is 6.79. The molecule has 4 bridgehead atoms. The Bertz CT molecular complexity index is 2210. The zero-order chi connectivity index (χ0) is 39.4. The van der Waals surface area contributed by atoms with Gasteiger partial charge in [-0.2, -0.15) is 26.3 Å². The number of carboxylic acid groups (broad SMARTS) is 1. The van der Waals surface area contributed by atoms with E-state index in [0.29, 0.717) is 16.8 Å². The van der Waals surface area contributed by atoms with Gasteiger partial charge >= 0.3 is 18.3 Å². The van der Waals surface area contributed by atoms with Gasteiger partial charge in [0.1, 0.15) is 35.3 Å². The molecule has 2 aliphatic heterocycles. The number of carbonyl (C=O) groups is 2. The highest BCUT2D eigenvalue weighted by molar-refractivity contribution is 5.85. The standard InChI is InChI=1S/C37H30F9N3O5/c1-17-8-21(36(41,42)43)10-29-32(17)20-7-18(2)33(40)25(9-20)28(13-31(51)52)47-35(53)34(24-11-23(54-29)3-4-27(24)39)49-14-19(5-6-48-15-22(38)16-48)26(12-30(49)50)37(44,45)46/h3-4,7-12,14,22,28,34H,5-6,13,15-16H2,1-2H3,(H,47,53)(H,51,52)/t28-,34+/m1/s1. The minimum atomic E-state index is -5.06. The number of aromatic nitrogens is 1. The second kappa shape index (κ2) is 14.2. The summed E-state index contributed by atoms with van der Waals surface area (Å²) in [6.07, 6.45) is -11.8. The minimum absolute atomic E-state index is 0.00483. The molecule has 1 amide bonds. The van der Waals surface area contributed by atoms with E-state index in [4.69, 9.17) is 4.74 Å². The predicted octanol–water partition coefficient (Wildman–Crippen LogP) is 7.67. The van der Waals surface area contributed by atoms with Crippen LogP contribution in [0.4, 0.5) is 39.5 Å². The monoisotopic (exact) mass is 767 g/mol. The van der Waals surface area contributed by atoms with Crippen LogP contribution in [0.15, 0.2) is 59.5 Å². The number of carbonyl (C=O) groups excluding carboxylic acids is 1. The maximum absolute atomic E-state index is 15.9. The molecular weight excluding hydrogens is 737 g/mol. The lowest BCUT2D eigenvalue weighted by atomic mass is 9.91. The SMILES string of the molecule is Cc1cc2cc(c1F)[C@@H](CC(=O)O)NC(=O)[C@@H](n1cc(CCN3CC(F)C3)c(C(F)(F)F)cc1=O)c1cc(ccc1F)Oc1cc(C(F)(F)F)cc(C)c1-2. The number of aryl methyl sites for hydroxylation is 2. The lowest BCUT2D eigenvalue weighted by Gasteiger charge is -2.34. The molecule has 0 saturated carbocycles. The molecule has 54 heavy (non-hydrogen) atoms. The number of carboxylic acids is 1. The first-order chi connectivity index (χ1) is 25.2. The van der Waals surface area contributed by atoms with Gasteiger partial charge in [0.2, 0.25) is 5.91 Å². The van der Waals surface area contributed by atoms with E-state index < -0.39 is 106 Å². The number of amides is 1. The second-order valence-electron chi connectivity index (χ2n) is 13.3. The van der Waals surface area contributed by atoms with E-state index in [9.17, 15) is 50.2 Å². The molecule has 1 saturated heterocycles. The molecule has 6 rings (SSSR count). The fraction of sp³-hybridized carbons (Fsp3) is 0.324. The Morgan fingerprint density at radius 2 is 1.63 bits per heavy atom. The third-order valence-electron chi connectivity index (χ3n) is 9.36. The quantitative estimate of drug-likeness (QED) is 0.196. The second-order valence-corrected chi connectivity index (χ2v) is 13.3. The molecule has 2 N–H and O–H groups in total. The molecule has 8 nitrogen and oxygen atoms in total. The lowest BCUT2D eigenvalue weighted by molar-refractivity contribution is -0.139. The third kappa shape index (κ3) is 7.67. The highest BCUT2D eigenvalue weighted by atomic mass is 19.4. The number of fused-ring (bicyclic) bond motifs is 6. The molecular formula is C37H30F9N3O5. The molecule has 1 aromatic heterocycles. The summed E-state index contributed by atoms with van der Waals surface area (Å²) in [6, 6.07) is 2.73. The van der Waals surface area contributed by atoms with Gasteiger partial charge in [-0.3, -0.25) is 23.9 Å². The summed E-state index contributed by atoms with van der Waals surface area (Å²) < 4.78 is 136. The van der Waals surface area contributed by atoms with Gasteiger partial charge in [-0.25, -0.2) is 13.2 Å². The fourth-order valence-electron chi connectivity index (χ4n) is 6.79. The number of hydrogen-bond donors (Lipinski definition) is 2. The molecule has 0 unspecified atom stereocenters. The van der Waals surface area contributed by atoms with Gasteiger partial charge in [0.05, 0.1) is 23.6 Å². The van der Waals surface area contributed by atoms with Crippen LogP contribution < -0.4 is 15.6 Å². The van der Waals surface area contributed by atoms with Crippen LogP contribution in [0.5, 0.6) is 11.5 Å². The summed E-state index contributed by atoms with van der Waals surface area (Å²) in [7, 11) is 0. The van der Waals surface area contributed by atoms with Crippen LogP contribution in [0.3, 0.4) is 0 Å². The van der Waals surface area contributed by atoms with Crippen LogP contribution in [-0.4, -0.2) is 52.3 Å². The van der Waals surface area contributed by atoms with E-state index >= 15 is 8.78 Å². The van der Waals surface area contributed by atoms with Gasteiger partial charge in [-0.15, -0.1) is 0 Å². The number of likely N-dealkylation sites (tertiary alicyclic amines) is 1. The van der Waals surface area contributed by atoms with Crippen molar-refractivity contribution in [1.82, 2.24) is 14.8 Å². The normalized spacial score (nSPS) is 18.0. The number of rotatable bonds is 6. The smallest absolute Gasteiger partial charge is 0.416 e. The molecule has 17 heteroatoms. The highest BCUT2D eigenvalue weighted by Crippen LogP contribution is 2.44. The van der Waals surface area contributed by atoms with Crippen molar-refractivity contribution >= 4 is 11.9 Å². The Morgan fingerprint density at radius 3 is 2.26 bits per heavy atom.